The van der Waals surface area contributed by atoms with Crippen molar-refractivity contribution in [3.8, 4) is 0 Å². The molecule has 18 heavy (non-hydrogen) atoms. The largest absolute Gasteiger partial charge is 0.321 e. The lowest BCUT2D eigenvalue weighted by Gasteiger charge is -2.38. The van der Waals surface area contributed by atoms with Crippen LogP contribution in [0.3, 0.4) is 0 Å². The molecule has 1 fully saturated rings. The molecule has 0 unspecified atom stereocenters. The van der Waals surface area contributed by atoms with E-state index < -0.39 is 11.5 Å². The predicted octanol–water partition coefficient (Wildman–Crippen LogP) is 3.72. The topological polar surface area (TPSA) is 38.9 Å². The number of alkyl halides is 2. The third-order valence-electron chi connectivity index (χ3n) is 3.67. The maximum atomic E-state index is 13.2. The standard InChI is InChI=1S/C13H17ClF2N2/c1-8-7-9(2)18-11(14)10(8)12(17)3-5-13(15,16)6-4-12/h7H,3-6,17H2,1-2H3. The summed E-state index contributed by atoms with van der Waals surface area (Å²) in [5.74, 6) is -2.60. The third kappa shape index (κ3) is 2.50. The highest BCUT2D eigenvalue weighted by Gasteiger charge is 2.43. The summed E-state index contributed by atoms with van der Waals surface area (Å²) < 4.78 is 26.4. The van der Waals surface area contributed by atoms with Crippen LogP contribution in [0.1, 0.15) is 42.5 Å². The van der Waals surface area contributed by atoms with Gasteiger partial charge in [0.15, 0.2) is 0 Å². The van der Waals surface area contributed by atoms with E-state index in [1.54, 1.807) is 0 Å². The summed E-state index contributed by atoms with van der Waals surface area (Å²) in [6.07, 6.45) is 0.108. The van der Waals surface area contributed by atoms with Gasteiger partial charge in [0, 0.05) is 29.6 Å². The second-order valence-electron chi connectivity index (χ2n) is 5.26. The van der Waals surface area contributed by atoms with Crippen LogP contribution in [0.2, 0.25) is 5.15 Å². The fourth-order valence-corrected chi connectivity index (χ4v) is 3.17. The number of hydrogen-bond donors (Lipinski definition) is 1. The lowest BCUT2D eigenvalue weighted by Crippen LogP contribution is -2.44. The van der Waals surface area contributed by atoms with Crippen LogP contribution in [0, 0.1) is 13.8 Å². The van der Waals surface area contributed by atoms with E-state index in [9.17, 15) is 8.78 Å². The Bertz CT molecular complexity index is 441. The molecule has 1 aliphatic rings. The van der Waals surface area contributed by atoms with Gasteiger partial charge in [-0.15, -0.1) is 0 Å². The van der Waals surface area contributed by atoms with E-state index in [-0.39, 0.29) is 25.7 Å². The maximum Gasteiger partial charge on any atom is 0.248 e. The fourth-order valence-electron chi connectivity index (χ4n) is 2.70. The summed E-state index contributed by atoms with van der Waals surface area (Å²) in [6, 6.07) is 1.89. The number of nitrogens with two attached hydrogens (primary N) is 1. The first-order valence-electron chi connectivity index (χ1n) is 6.04. The van der Waals surface area contributed by atoms with Crippen molar-refractivity contribution in [2.24, 2.45) is 5.73 Å². The zero-order valence-corrected chi connectivity index (χ0v) is 11.3. The molecule has 1 aliphatic carbocycles. The molecular formula is C13H17ClF2N2. The molecule has 0 amide bonds. The van der Waals surface area contributed by atoms with Gasteiger partial charge >= 0.3 is 0 Å². The Labute approximate surface area is 111 Å². The predicted molar refractivity (Wildman–Crippen MR) is 68.0 cm³/mol. The van der Waals surface area contributed by atoms with Gasteiger partial charge in [-0.25, -0.2) is 13.8 Å². The SMILES string of the molecule is Cc1cc(C)c(C2(N)CCC(F)(F)CC2)c(Cl)n1. The van der Waals surface area contributed by atoms with E-state index in [1.807, 2.05) is 19.9 Å². The van der Waals surface area contributed by atoms with Gasteiger partial charge in [-0.1, -0.05) is 11.6 Å². The zero-order valence-electron chi connectivity index (χ0n) is 10.6. The molecule has 1 aromatic rings. The molecule has 0 aliphatic heterocycles. The average molecular weight is 275 g/mol. The number of halogens is 3. The first-order chi connectivity index (χ1) is 8.23. The molecule has 100 valence electrons. The van der Waals surface area contributed by atoms with Crippen LogP contribution in [-0.4, -0.2) is 10.9 Å². The van der Waals surface area contributed by atoms with Crippen LogP contribution >= 0.6 is 11.6 Å². The van der Waals surface area contributed by atoms with Crippen molar-refractivity contribution in [3.63, 3.8) is 0 Å². The summed E-state index contributed by atoms with van der Waals surface area (Å²) in [5.41, 5.74) is 7.99. The summed E-state index contributed by atoms with van der Waals surface area (Å²) in [7, 11) is 0. The molecule has 2 N–H and O–H groups in total. The minimum atomic E-state index is -2.60. The highest BCUT2D eigenvalue weighted by molar-refractivity contribution is 6.30. The molecule has 2 rings (SSSR count). The molecule has 0 bridgehead atoms. The number of pyridine rings is 1. The fraction of sp³-hybridized carbons (Fsp3) is 0.615. The Kier molecular flexibility index (Phi) is 3.36. The molecule has 0 saturated heterocycles. The van der Waals surface area contributed by atoms with Gasteiger partial charge in [-0.3, -0.25) is 0 Å². The van der Waals surface area contributed by atoms with Gasteiger partial charge in [-0.2, -0.15) is 0 Å². The van der Waals surface area contributed by atoms with Gasteiger partial charge in [0.2, 0.25) is 5.92 Å². The minimum absolute atomic E-state index is 0.187. The summed E-state index contributed by atoms with van der Waals surface area (Å²) >= 11 is 6.15. The van der Waals surface area contributed by atoms with Gasteiger partial charge in [0.25, 0.3) is 0 Å². The Balaban J connectivity index is 2.37. The normalized spacial score (nSPS) is 21.9. The second kappa shape index (κ2) is 4.42. The number of hydrogen-bond acceptors (Lipinski definition) is 2. The van der Waals surface area contributed by atoms with Crippen LogP contribution < -0.4 is 5.73 Å². The van der Waals surface area contributed by atoms with Gasteiger partial charge in [0.1, 0.15) is 5.15 Å². The van der Waals surface area contributed by atoms with E-state index in [0.29, 0.717) is 5.15 Å². The molecular weight excluding hydrogens is 258 g/mol. The van der Waals surface area contributed by atoms with E-state index >= 15 is 0 Å². The van der Waals surface area contributed by atoms with Crippen LogP contribution in [0.5, 0.6) is 0 Å². The van der Waals surface area contributed by atoms with Crippen LogP contribution in [-0.2, 0) is 5.54 Å². The molecule has 0 radical (unpaired) electrons. The van der Waals surface area contributed by atoms with Crippen molar-refractivity contribution < 1.29 is 8.78 Å². The van der Waals surface area contributed by atoms with Crippen molar-refractivity contribution in [1.82, 2.24) is 4.98 Å². The van der Waals surface area contributed by atoms with Gasteiger partial charge in [-0.05, 0) is 38.3 Å². The molecule has 1 saturated carbocycles. The number of nitrogens with zero attached hydrogens (tertiary/aromatic N) is 1. The van der Waals surface area contributed by atoms with Crippen molar-refractivity contribution in [2.45, 2.75) is 51.0 Å². The lowest BCUT2D eigenvalue weighted by molar-refractivity contribution is -0.0515. The maximum absolute atomic E-state index is 13.2. The monoisotopic (exact) mass is 274 g/mol. The molecule has 5 heteroatoms. The van der Waals surface area contributed by atoms with Gasteiger partial charge in [0.05, 0.1) is 0 Å². The minimum Gasteiger partial charge on any atom is -0.321 e. The summed E-state index contributed by atoms with van der Waals surface area (Å²) in [5, 5.41) is 0.347. The van der Waals surface area contributed by atoms with Crippen LogP contribution in [0.4, 0.5) is 8.78 Å². The Morgan fingerprint density at radius 1 is 1.22 bits per heavy atom. The quantitative estimate of drug-likeness (QED) is 0.793. The van der Waals surface area contributed by atoms with Crippen molar-refractivity contribution >= 4 is 11.6 Å². The second-order valence-corrected chi connectivity index (χ2v) is 5.62. The zero-order chi connectivity index (χ0) is 13.6. The van der Waals surface area contributed by atoms with E-state index in [0.717, 1.165) is 16.8 Å². The first-order valence-corrected chi connectivity index (χ1v) is 6.42. The van der Waals surface area contributed by atoms with Crippen molar-refractivity contribution in [1.29, 1.82) is 0 Å². The Morgan fingerprint density at radius 2 is 1.78 bits per heavy atom. The highest BCUT2D eigenvalue weighted by atomic mass is 35.5. The molecule has 1 aromatic heterocycles. The average Bonchev–Trinajstić information content (AvgIpc) is 2.22. The van der Waals surface area contributed by atoms with E-state index in [1.165, 1.54) is 0 Å². The van der Waals surface area contributed by atoms with Crippen molar-refractivity contribution in [2.75, 3.05) is 0 Å². The number of rotatable bonds is 1. The molecule has 0 spiro atoms. The number of aromatic nitrogens is 1. The third-order valence-corrected chi connectivity index (χ3v) is 3.95. The summed E-state index contributed by atoms with van der Waals surface area (Å²) in [6.45, 7) is 3.75. The van der Waals surface area contributed by atoms with Gasteiger partial charge < -0.3 is 5.73 Å². The molecule has 2 nitrogen and oxygen atoms in total. The Hall–Kier alpha value is -0.740. The first kappa shape index (κ1) is 13.7. The molecule has 0 atom stereocenters. The lowest BCUT2D eigenvalue weighted by atomic mass is 9.75. The smallest absolute Gasteiger partial charge is 0.248 e. The van der Waals surface area contributed by atoms with E-state index in [4.69, 9.17) is 17.3 Å². The highest BCUT2D eigenvalue weighted by Crippen LogP contribution is 2.44. The van der Waals surface area contributed by atoms with Crippen molar-refractivity contribution in [3.05, 3.63) is 28.0 Å². The molecule has 1 heterocycles. The molecule has 0 aromatic carbocycles. The van der Waals surface area contributed by atoms with Crippen LogP contribution in [0.25, 0.3) is 0 Å². The summed E-state index contributed by atoms with van der Waals surface area (Å²) in [4.78, 5) is 4.19. The van der Waals surface area contributed by atoms with Crippen LogP contribution in [0.15, 0.2) is 6.07 Å². The number of aryl methyl sites for hydroxylation is 2. The Morgan fingerprint density at radius 3 is 2.28 bits per heavy atom. The van der Waals surface area contributed by atoms with E-state index in [2.05, 4.69) is 4.98 Å².